The number of ether oxygens (including phenoxy) is 2. The normalized spacial score (nSPS) is 11.6. The molecule has 1 aromatic rings. The molecule has 102 valence electrons. The lowest BCUT2D eigenvalue weighted by Gasteiger charge is -2.14. The summed E-state index contributed by atoms with van der Waals surface area (Å²) in [5.74, 6) is -1.34. The molecule has 0 aromatic heterocycles. The maximum atomic E-state index is 11.8. The first-order valence-electron chi connectivity index (χ1n) is 5.33. The molecule has 0 fully saturated rings. The molecule has 19 heavy (non-hydrogen) atoms. The standard InChI is InChI=1S/C13H12Cl2O4/c1-7(2)12(16)18-8(3)19-13(17)10-5-4-9(14)6-11(10)15/h4-6,8H,1H2,2-3H3. The van der Waals surface area contributed by atoms with Gasteiger partial charge < -0.3 is 9.47 Å². The molecule has 6 heteroatoms. The zero-order valence-corrected chi connectivity index (χ0v) is 11.9. The summed E-state index contributed by atoms with van der Waals surface area (Å²) in [6.07, 6.45) is -1.04. The minimum Gasteiger partial charge on any atom is -0.422 e. The van der Waals surface area contributed by atoms with Crippen molar-refractivity contribution >= 4 is 35.1 Å². The summed E-state index contributed by atoms with van der Waals surface area (Å²) in [5.41, 5.74) is 0.358. The number of carbonyl (C=O) groups excluding carboxylic acids is 2. The molecular weight excluding hydrogens is 291 g/mol. The molecule has 0 spiro atoms. The van der Waals surface area contributed by atoms with Crippen molar-refractivity contribution in [3.8, 4) is 0 Å². The first kappa shape index (κ1) is 15.5. The first-order valence-corrected chi connectivity index (χ1v) is 6.09. The van der Waals surface area contributed by atoms with Gasteiger partial charge in [0.25, 0.3) is 0 Å². The van der Waals surface area contributed by atoms with E-state index in [0.29, 0.717) is 5.02 Å². The smallest absolute Gasteiger partial charge is 0.342 e. The topological polar surface area (TPSA) is 52.6 Å². The van der Waals surface area contributed by atoms with E-state index in [-0.39, 0.29) is 16.2 Å². The molecule has 1 atom stereocenters. The Hall–Kier alpha value is -1.52. The summed E-state index contributed by atoms with van der Waals surface area (Å²) >= 11 is 11.6. The van der Waals surface area contributed by atoms with Crippen molar-refractivity contribution in [3.63, 3.8) is 0 Å². The van der Waals surface area contributed by atoms with Gasteiger partial charge in [0.2, 0.25) is 6.29 Å². The first-order chi connectivity index (χ1) is 8.81. The van der Waals surface area contributed by atoms with E-state index < -0.39 is 18.2 Å². The summed E-state index contributed by atoms with van der Waals surface area (Å²) < 4.78 is 9.74. The highest BCUT2D eigenvalue weighted by Crippen LogP contribution is 2.22. The van der Waals surface area contributed by atoms with E-state index in [2.05, 4.69) is 6.58 Å². The maximum absolute atomic E-state index is 11.8. The third kappa shape index (κ3) is 4.58. The average Bonchev–Trinajstić information content (AvgIpc) is 2.27. The van der Waals surface area contributed by atoms with Crippen molar-refractivity contribution in [2.24, 2.45) is 0 Å². The fourth-order valence-corrected chi connectivity index (χ4v) is 1.63. The van der Waals surface area contributed by atoms with Gasteiger partial charge >= 0.3 is 11.9 Å². The molecule has 0 amide bonds. The highest BCUT2D eigenvalue weighted by molar-refractivity contribution is 6.36. The van der Waals surface area contributed by atoms with E-state index in [4.69, 9.17) is 32.7 Å². The molecule has 0 radical (unpaired) electrons. The predicted octanol–water partition coefficient (Wildman–Crippen LogP) is 3.62. The molecule has 1 aromatic carbocycles. The summed E-state index contributed by atoms with van der Waals surface area (Å²) in [7, 11) is 0. The molecule has 0 N–H and O–H groups in total. The molecule has 1 rings (SSSR count). The minimum absolute atomic E-state index is 0.143. The Balaban J connectivity index is 2.69. The van der Waals surface area contributed by atoms with Gasteiger partial charge in [-0.25, -0.2) is 9.59 Å². The van der Waals surface area contributed by atoms with Crippen LogP contribution in [0.3, 0.4) is 0 Å². The Morgan fingerprint density at radius 2 is 1.89 bits per heavy atom. The average molecular weight is 303 g/mol. The highest BCUT2D eigenvalue weighted by atomic mass is 35.5. The Kier molecular flexibility index (Phi) is 5.39. The second-order valence-electron chi connectivity index (χ2n) is 3.78. The van der Waals surface area contributed by atoms with E-state index in [1.165, 1.54) is 32.0 Å². The van der Waals surface area contributed by atoms with Gasteiger partial charge in [-0.1, -0.05) is 29.8 Å². The van der Waals surface area contributed by atoms with Gasteiger partial charge in [0.05, 0.1) is 10.6 Å². The predicted molar refractivity (Wildman–Crippen MR) is 72.2 cm³/mol. The van der Waals surface area contributed by atoms with Crippen molar-refractivity contribution in [2.75, 3.05) is 0 Å². The molecular formula is C13H12Cl2O4. The number of benzene rings is 1. The summed E-state index contributed by atoms with van der Waals surface area (Å²) in [6, 6.07) is 4.36. The second-order valence-corrected chi connectivity index (χ2v) is 4.63. The van der Waals surface area contributed by atoms with Crippen LogP contribution >= 0.6 is 23.2 Å². The maximum Gasteiger partial charge on any atom is 0.342 e. The van der Waals surface area contributed by atoms with Crippen LogP contribution in [0.15, 0.2) is 30.4 Å². The Morgan fingerprint density at radius 1 is 1.26 bits per heavy atom. The van der Waals surface area contributed by atoms with Gasteiger partial charge in [0.1, 0.15) is 0 Å². The van der Waals surface area contributed by atoms with Crippen molar-refractivity contribution in [1.29, 1.82) is 0 Å². The lowest BCUT2D eigenvalue weighted by Crippen LogP contribution is -2.22. The number of halogens is 2. The third-order valence-corrected chi connectivity index (χ3v) is 2.59. The lowest BCUT2D eigenvalue weighted by molar-refractivity contribution is -0.160. The second kappa shape index (κ2) is 6.59. The Bertz CT molecular complexity index is 525. The van der Waals surface area contributed by atoms with Crippen LogP contribution in [0.4, 0.5) is 0 Å². The van der Waals surface area contributed by atoms with Crippen LogP contribution in [0.25, 0.3) is 0 Å². The van der Waals surface area contributed by atoms with Gasteiger partial charge in [0.15, 0.2) is 0 Å². The highest BCUT2D eigenvalue weighted by Gasteiger charge is 2.18. The molecule has 0 aliphatic carbocycles. The number of carbonyl (C=O) groups is 2. The summed E-state index contributed by atoms with van der Waals surface area (Å²) in [6.45, 7) is 6.33. The van der Waals surface area contributed by atoms with Crippen LogP contribution in [0, 0.1) is 0 Å². The largest absolute Gasteiger partial charge is 0.422 e. The van der Waals surface area contributed by atoms with Gasteiger partial charge in [-0.15, -0.1) is 0 Å². The van der Waals surface area contributed by atoms with Crippen LogP contribution in [0.5, 0.6) is 0 Å². The fourth-order valence-electron chi connectivity index (χ4n) is 1.14. The van der Waals surface area contributed by atoms with Crippen LogP contribution in [0.1, 0.15) is 24.2 Å². The zero-order valence-electron chi connectivity index (χ0n) is 10.4. The molecule has 4 nitrogen and oxygen atoms in total. The van der Waals surface area contributed by atoms with Crippen molar-refractivity contribution in [3.05, 3.63) is 46.0 Å². The molecule has 1 unspecified atom stereocenters. The monoisotopic (exact) mass is 302 g/mol. The van der Waals surface area contributed by atoms with Crippen LogP contribution in [-0.2, 0) is 14.3 Å². The van der Waals surface area contributed by atoms with E-state index in [1.807, 2.05) is 0 Å². The van der Waals surface area contributed by atoms with Gasteiger partial charge in [-0.3, -0.25) is 0 Å². The summed E-state index contributed by atoms with van der Waals surface area (Å²) in [4.78, 5) is 23.0. The van der Waals surface area contributed by atoms with Crippen molar-refractivity contribution in [2.45, 2.75) is 20.1 Å². The van der Waals surface area contributed by atoms with Crippen LogP contribution in [-0.4, -0.2) is 18.2 Å². The minimum atomic E-state index is -1.04. The van der Waals surface area contributed by atoms with Gasteiger partial charge in [-0.2, -0.15) is 0 Å². The number of hydrogen-bond donors (Lipinski definition) is 0. The van der Waals surface area contributed by atoms with Crippen molar-refractivity contribution in [1.82, 2.24) is 0 Å². The zero-order chi connectivity index (χ0) is 14.6. The lowest BCUT2D eigenvalue weighted by atomic mass is 10.2. The van der Waals surface area contributed by atoms with Gasteiger partial charge in [0, 0.05) is 17.5 Å². The van der Waals surface area contributed by atoms with E-state index >= 15 is 0 Å². The number of esters is 2. The molecule has 0 saturated carbocycles. The van der Waals surface area contributed by atoms with E-state index in [0.717, 1.165) is 0 Å². The van der Waals surface area contributed by atoms with Gasteiger partial charge in [-0.05, 0) is 25.1 Å². The number of hydrogen-bond acceptors (Lipinski definition) is 4. The quantitative estimate of drug-likeness (QED) is 0.484. The molecule has 0 aliphatic rings. The van der Waals surface area contributed by atoms with Crippen molar-refractivity contribution < 1.29 is 19.1 Å². The summed E-state index contributed by atoms with van der Waals surface area (Å²) in [5, 5.41) is 0.569. The molecule has 0 saturated heterocycles. The van der Waals surface area contributed by atoms with E-state index in [1.54, 1.807) is 0 Å². The van der Waals surface area contributed by atoms with Crippen LogP contribution in [0.2, 0.25) is 10.0 Å². The fraction of sp³-hybridized carbons (Fsp3) is 0.231. The Labute approximate surface area is 120 Å². The Morgan fingerprint density at radius 3 is 2.42 bits per heavy atom. The van der Waals surface area contributed by atoms with E-state index in [9.17, 15) is 9.59 Å². The molecule has 0 bridgehead atoms. The molecule has 0 heterocycles. The third-order valence-electron chi connectivity index (χ3n) is 2.05. The van der Waals surface area contributed by atoms with Crippen LogP contribution < -0.4 is 0 Å². The number of rotatable bonds is 4. The SMILES string of the molecule is C=C(C)C(=O)OC(C)OC(=O)c1ccc(Cl)cc1Cl. The molecule has 0 aliphatic heterocycles.